The van der Waals surface area contributed by atoms with Crippen LogP contribution in [-0.2, 0) is 11.4 Å². The third-order valence-electron chi connectivity index (χ3n) is 4.96. The summed E-state index contributed by atoms with van der Waals surface area (Å²) >= 11 is 11.0. The van der Waals surface area contributed by atoms with Crippen LogP contribution in [0.5, 0.6) is 5.75 Å². The van der Waals surface area contributed by atoms with Crippen LogP contribution in [0.1, 0.15) is 21.5 Å². The van der Waals surface area contributed by atoms with E-state index in [0.717, 1.165) is 26.7 Å². The molecule has 0 unspecified atom stereocenters. The smallest absolute Gasteiger partial charge is 0.293 e. The molecular weight excluding hydrogens is 669 g/mol. The summed E-state index contributed by atoms with van der Waals surface area (Å²) in [6.07, 6.45) is 1.59. The number of carbonyl (C=O) groups excluding carboxylic acids is 3. The number of benzene rings is 3. The van der Waals surface area contributed by atoms with Crippen LogP contribution in [-0.4, -0.2) is 28.4 Å². The van der Waals surface area contributed by atoms with Crippen LogP contribution in [0.2, 0.25) is 0 Å². The third-order valence-corrected chi connectivity index (χ3v) is 7.57. The molecule has 1 aliphatic rings. The molecule has 1 aliphatic heterocycles. The predicted octanol–water partition coefficient (Wildman–Crippen LogP) is 7.61. The molecule has 0 spiro atoms. The standard InChI is InChI=1S/C25H15Br3FNO4S/c26-17-5-3-16(4-6-17)21(31)12-30-24(32)22(35-25(30)33)11-15-9-19(27)23(20(28)10-15)34-13-14-1-7-18(29)8-2-14/h1-11H,12-13H2/b22-11+. The van der Waals surface area contributed by atoms with Crippen molar-refractivity contribution in [1.82, 2.24) is 4.90 Å². The first-order chi connectivity index (χ1) is 16.7. The zero-order chi connectivity index (χ0) is 25.1. The molecule has 0 radical (unpaired) electrons. The highest BCUT2D eigenvalue weighted by Gasteiger charge is 2.36. The molecule has 35 heavy (non-hydrogen) atoms. The molecule has 3 aromatic rings. The summed E-state index contributed by atoms with van der Waals surface area (Å²) in [5.74, 6) is -0.620. The lowest BCUT2D eigenvalue weighted by molar-refractivity contribution is -0.122. The molecule has 10 heteroatoms. The molecule has 1 fully saturated rings. The number of hydrogen-bond acceptors (Lipinski definition) is 5. The molecule has 0 saturated carbocycles. The van der Waals surface area contributed by atoms with E-state index < -0.39 is 11.1 Å². The Morgan fingerprint density at radius 3 is 2.23 bits per heavy atom. The number of carbonyl (C=O) groups is 3. The molecule has 2 amide bonds. The van der Waals surface area contributed by atoms with Gasteiger partial charge in [-0.15, -0.1) is 0 Å². The topological polar surface area (TPSA) is 63.7 Å². The van der Waals surface area contributed by atoms with Crippen molar-refractivity contribution in [2.45, 2.75) is 6.61 Å². The van der Waals surface area contributed by atoms with E-state index in [1.165, 1.54) is 12.1 Å². The van der Waals surface area contributed by atoms with Gasteiger partial charge in [0, 0.05) is 10.0 Å². The van der Waals surface area contributed by atoms with E-state index in [1.54, 1.807) is 54.6 Å². The Kier molecular flexibility index (Phi) is 8.26. The highest BCUT2D eigenvalue weighted by atomic mass is 79.9. The van der Waals surface area contributed by atoms with Gasteiger partial charge in [-0.1, -0.05) is 40.2 Å². The van der Waals surface area contributed by atoms with Crippen LogP contribution in [0, 0.1) is 5.82 Å². The van der Waals surface area contributed by atoms with Crippen LogP contribution in [0.3, 0.4) is 0 Å². The van der Waals surface area contributed by atoms with Crippen LogP contribution in [0.25, 0.3) is 6.08 Å². The van der Waals surface area contributed by atoms with E-state index in [2.05, 4.69) is 47.8 Å². The molecule has 4 rings (SSSR count). The molecule has 0 aliphatic carbocycles. The van der Waals surface area contributed by atoms with Gasteiger partial charge in [-0.3, -0.25) is 19.3 Å². The summed E-state index contributed by atoms with van der Waals surface area (Å²) in [5, 5.41) is -0.496. The molecule has 0 N–H and O–H groups in total. The van der Waals surface area contributed by atoms with Gasteiger partial charge in [-0.2, -0.15) is 0 Å². The van der Waals surface area contributed by atoms with Gasteiger partial charge in [-0.25, -0.2) is 4.39 Å². The van der Waals surface area contributed by atoms with E-state index in [9.17, 15) is 18.8 Å². The molecule has 0 bridgehead atoms. The number of amides is 2. The first-order valence-electron chi connectivity index (χ1n) is 10.1. The second-order valence-electron chi connectivity index (χ2n) is 7.43. The van der Waals surface area contributed by atoms with Gasteiger partial charge in [0.15, 0.2) is 5.78 Å². The Hall–Kier alpha value is -2.27. The normalized spacial score (nSPS) is 14.6. The Bertz CT molecular complexity index is 1320. The second-order valence-corrected chi connectivity index (χ2v) is 11.0. The fraction of sp³-hybridized carbons (Fsp3) is 0.0800. The zero-order valence-electron chi connectivity index (χ0n) is 17.8. The van der Waals surface area contributed by atoms with Crippen molar-refractivity contribution in [3.63, 3.8) is 0 Å². The number of thioether (sulfide) groups is 1. The lowest BCUT2D eigenvalue weighted by atomic mass is 10.1. The first-order valence-corrected chi connectivity index (χ1v) is 13.3. The number of hydrogen-bond donors (Lipinski definition) is 0. The molecule has 1 saturated heterocycles. The highest BCUT2D eigenvalue weighted by molar-refractivity contribution is 9.11. The number of imide groups is 1. The SMILES string of the molecule is O=C(CN1C(=O)S/C(=C/c2cc(Br)c(OCc3ccc(F)cc3)c(Br)c2)C1=O)c1ccc(Br)cc1. The van der Waals surface area contributed by atoms with Crippen molar-refractivity contribution in [2.24, 2.45) is 0 Å². The van der Waals surface area contributed by atoms with Gasteiger partial charge in [-0.05, 0) is 97.2 Å². The summed E-state index contributed by atoms with van der Waals surface area (Å²) in [6.45, 7) is -0.0880. The Balaban J connectivity index is 1.47. The quantitative estimate of drug-likeness (QED) is 0.190. The van der Waals surface area contributed by atoms with Crippen LogP contribution < -0.4 is 4.74 Å². The molecule has 0 aromatic heterocycles. The van der Waals surface area contributed by atoms with Crippen LogP contribution in [0.4, 0.5) is 9.18 Å². The summed E-state index contributed by atoms with van der Waals surface area (Å²) in [6, 6.07) is 16.2. The van der Waals surface area contributed by atoms with E-state index >= 15 is 0 Å². The number of ether oxygens (including phenoxy) is 1. The molecular formula is C25H15Br3FNO4S. The lowest BCUT2D eigenvalue weighted by Crippen LogP contribution is -2.33. The summed E-state index contributed by atoms with van der Waals surface area (Å²) in [4.78, 5) is 39.0. The van der Waals surface area contributed by atoms with Gasteiger partial charge < -0.3 is 4.74 Å². The zero-order valence-corrected chi connectivity index (χ0v) is 23.3. The maximum Gasteiger partial charge on any atom is 0.293 e. The summed E-state index contributed by atoms with van der Waals surface area (Å²) in [5.41, 5.74) is 1.88. The van der Waals surface area contributed by atoms with E-state index in [1.807, 2.05) is 0 Å². The van der Waals surface area contributed by atoms with Crippen molar-refractivity contribution in [1.29, 1.82) is 0 Å². The monoisotopic (exact) mass is 681 g/mol. The molecule has 5 nitrogen and oxygen atoms in total. The second kappa shape index (κ2) is 11.2. The summed E-state index contributed by atoms with van der Waals surface area (Å²) in [7, 11) is 0. The lowest BCUT2D eigenvalue weighted by Gasteiger charge is -2.12. The highest BCUT2D eigenvalue weighted by Crippen LogP contribution is 2.38. The van der Waals surface area contributed by atoms with Crippen LogP contribution >= 0.6 is 59.6 Å². The number of halogens is 4. The minimum atomic E-state index is -0.519. The van der Waals surface area contributed by atoms with Gasteiger partial charge >= 0.3 is 0 Å². The molecule has 1 heterocycles. The number of Topliss-reactive ketones (excluding diaryl/α,β-unsaturated/α-hetero) is 1. The average molecular weight is 684 g/mol. The third kappa shape index (κ3) is 6.30. The van der Waals surface area contributed by atoms with Crippen molar-refractivity contribution >= 4 is 82.6 Å². The number of rotatable bonds is 7. The van der Waals surface area contributed by atoms with E-state index in [0.29, 0.717) is 25.8 Å². The average Bonchev–Trinajstić information content (AvgIpc) is 3.07. The minimum absolute atomic E-state index is 0.220. The predicted molar refractivity (Wildman–Crippen MR) is 144 cm³/mol. The van der Waals surface area contributed by atoms with E-state index in [-0.39, 0.29) is 29.7 Å². The number of nitrogens with zero attached hydrogens (tertiary/aromatic N) is 1. The van der Waals surface area contributed by atoms with Crippen molar-refractivity contribution < 1.29 is 23.5 Å². The fourth-order valence-corrected chi connectivity index (χ4v) is 5.75. The van der Waals surface area contributed by atoms with Gasteiger partial charge in [0.1, 0.15) is 18.2 Å². The van der Waals surface area contributed by atoms with Gasteiger partial charge in [0.05, 0.1) is 20.4 Å². The first kappa shape index (κ1) is 25.8. The molecule has 0 atom stereocenters. The van der Waals surface area contributed by atoms with Crippen LogP contribution in [0.15, 0.2) is 79.0 Å². The molecule has 3 aromatic carbocycles. The number of ketones is 1. The van der Waals surface area contributed by atoms with Crippen molar-refractivity contribution in [3.05, 3.63) is 101 Å². The van der Waals surface area contributed by atoms with Gasteiger partial charge in [0.2, 0.25) is 0 Å². The maximum absolute atomic E-state index is 13.1. The molecule has 178 valence electrons. The van der Waals surface area contributed by atoms with E-state index in [4.69, 9.17) is 4.74 Å². The Morgan fingerprint density at radius 2 is 1.60 bits per heavy atom. The largest absolute Gasteiger partial charge is 0.487 e. The minimum Gasteiger partial charge on any atom is -0.487 e. The van der Waals surface area contributed by atoms with Crippen molar-refractivity contribution in [3.8, 4) is 5.75 Å². The van der Waals surface area contributed by atoms with Crippen molar-refractivity contribution in [2.75, 3.05) is 6.54 Å². The Labute approximate surface area is 230 Å². The van der Waals surface area contributed by atoms with Gasteiger partial charge in [0.25, 0.3) is 11.1 Å². The summed E-state index contributed by atoms with van der Waals surface area (Å²) < 4.78 is 21.0. The maximum atomic E-state index is 13.1. The fourth-order valence-electron chi connectivity index (χ4n) is 3.20. The Morgan fingerprint density at radius 1 is 0.971 bits per heavy atom.